The minimum atomic E-state index is 0.197. The number of carbonyl (C=O) groups is 1. The number of imidazole rings is 1. The number of carbonyl (C=O) groups excluding carboxylic acids is 1. The zero-order valence-electron chi connectivity index (χ0n) is 14.6. The molecule has 0 N–H and O–H groups in total. The Balaban J connectivity index is 1.47. The molecule has 0 spiro atoms. The molecule has 1 aliphatic rings. The molecule has 2 aromatic heterocycles. The van der Waals surface area contributed by atoms with Crippen LogP contribution in [-0.2, 0) is 18.3 Å². The van der Waals surface area contributed by atoms with Crippen molar-refractivity contribution in [3.05, 3.63) is 59.5 Å². The number of fused-ring (bicyclic) bond motifs is 1. The van der Waals surface area contributed by atoms with Crippen molar-refractivity contribution in [1.82, 2.24) is 19.4 Å². The van der Waals surface area contributed by atoms with Crippen LogP contribution in [0.4, 0.5) is 0 Å². The van der Waals surface area contributed by atoms with E-state index in [1.807, 2.05) is 36.2 Å². The molecular formula is C20H22N4O. The summed E-state index contributed by atoms with van der Waals surface area (Å²) >= 11 is 0. The third kappa shape index (κ3) is 3.02. The molecule has 0 bridgehead atoms. The maximum atomic E-state index is 12.6. The van der Waals surface area contributed by atoms with Crippen LogP contribution in [-0.4, -0.2) is 38.4 Å². The van der Waals surface area contributed by atoms with E-state index >= 15 is 0 Å². The van der Waals surface area contributed by atoms with Gasteiger partial charge in [0.2, 0.25) is 5.91 Å². The van der Waals surface area contributed by atoms with Crippen LogP contribution < -0.4 is 0 Å². The zero-order chi connectivity index (χ0) is 17.4. The quantitative estimate of drug-likeness (QED) is 0.740. The van der Waals surface area contributed by atoms with Gasteiger partial charge in [-0.3, -0.25) is 4.79 Å². The van der Waals surface area contributed by atoms with Gasteiger partial charge in [-0.1, -0.05) is 29.8 Å². The lowest BCUT2D eigenvalue weighted by Crippen LogP contribution is -2.30. The highest BCUT2D eigenvalue weighted by atomic mass is 16.2. The largest absolute Gasteiger partial charge is 0.342 e. The fourth-order valence-corrected chi connectivity index (χ4v) is 3.60. The molecule has 3 aromatic rings. The summed E-state index contributed by atoms with van der Waals surface area (Å²) < 4.78 is 2.06. The summed E-state index contributed by atoms with van der Waals surface area (Å²) in [6, 6.07) is 12.1. The lowest BCUT2D eigenvalue weighted by atomic mass is 10.1. The van der Waals surface area contributed by atoms with Crippen LogP contribution in [0.15, 0.2) is 42.6 Å². The van der Waals surface area contributed by atoms with Gasteiger partial charge < -0.3 is 9.47 Å². The fraction of sp³-hybridized carbons (Fsp3) is 0.350. The molecule has 0 aliphatic carbocycles. The van der Waals surface area contributed by atoms with E-state index in [4.69, 9.17) is 4.98 Å². The SMILES string of the molecule is Cc1ccc(CC(=O)N2CC[C@H](c3nc4cccnc4n3C)C2)cc1. The highest BCUT2D eigenvalue weighted by molar-refractivity contribution is 5.79. The molecule has 1 fully saturated rings. The van der Waals surface area contributed by atoms with Gasteiger partial charge in [0.25, 0.3) is 0 Å². The normalized spacial score (nSPS) is 17.4. The number of hydrogen-bond donors (Lipinski definition) is 0. The second-order valence-electron chi connectivity index (χ2n) is 6.86. The minimum Gasteiger partial charge on any atom is -0.342 e. The van der Waals surface area contributed by atoms with Gasteiger partial charge in [-0.05, 0) is 31.0 Å². The van der Waals surface area contributed by atoms with Gasteiger partial charge in [-0.2, -0.15) is 0 Å². The molecule has 1 aliphatic heterocycles. The Morgan fingerprint density at radius 1 is 1.24 bits per heavy atom. The second-order valence-corrected chi connectivity index (χ2v) is 6.86. The second kappa shape index (κ2) is 6.31. The molecular weight excluding hydrogens is 312 g/mol. The predicted octanol–water partition coefficient (Wildman–Crippen LogP) is 2.84. The summed E-state index contributed by atoms with van der Waals surface area (Å²) in [5.41, 5.74) is 4.12. The van der Waals surface area contributed by atoms with Crippen LogP contribution in [0.25, 0.3) is 11.2 Å². The number of hydrogen-bond acceptors (Lipinski definition) is 3. The monoisotopic (exact) mass is 334 g/mol. The van der Waals surface area contributed by atoms with Crippen molar-refractivity contribution < 1.29 is 4.79 Å². The Bertz CT molecular complexity index is 913. The van der Waals surface area contributed by atoms with Crippen molar-refractivity contribution in [2.75, 3.05) is 13.1 Å². The number of pyridine rings is 1. The number of rotatable bonds is 3. The fourth-order valence-electron chi connectivity index (χ4n) is 3.60. The van der Waals surface area contributed by atoms with E-state index in [2.05, 4.69) is 28.6 Å². The Hall–Kier alpha value is -2.69. The summed E-state index contributed by atoms with van der Waals surface area (Å²) in [7, 11) is 2.01. The van der Waals surface area contributed by atoms with Gasteiger partial charge in [-0.15, -0.1) is 0 Å². The average Bonchev–Trinajstić information content (AvgIpc) is 3.22. The summed E-state index contributed by atoms with van der Waals surface area (Å²) in [6.45, 7) is 3.59. The maximum Gasteiger partial charge on any atom is 0.227 e. The molecule has 1 atom stereocenters. The molecule has 4 rings (SSSR count). The minimum absolute atomic E-state index is 0.197. The first-order valence-corrected chi connectivity index (χ1v) is 8.72. The summed E-state index contributed by atoms with van der Waals surface area (Å²) in [4.78, 5) is 23.7. The van der Waals surface area contributed by atoms with Gasteiger partial charge in [0.1, 0.15) is 11.3 Å². The highest BCUT2D eigenvalue weighted by Crippen LogP contribution is 2.28. The molecule has 3 heterocycles. The molecule has 0 radical (unpaired) electrons. The summed E-state index contributed by atoms with van der Waals surface area (Å²) in [5, 5.41) is 0. The van der Waals surface area contributed by atoms with Crippen molar-refractivity contribution in [2.45, 2.75) is 25.7 Å². The Morgan fingerprint density at radius 3 is 2.80 bits per heavy atom. The van der Waals surface area contributed by atoms with E-state index < -0.39 is 0 Å². The maximum absolute atomic E-state index is 12.6. The average molecular weight is 334 g/mol. The standard InChI is InChI=1S/C20H22N4O/c1-14-5-7-15(8-6-14)12-18(25)24-11-9-16(13-24)19-22-17-4-3-10-21-20(17)23(19)2/h3-8,10,16H,9,11-13H2,1-2H3/t16-/m0/s1. The number of aromatic nitrogens is 3. The molecule has 5 nitrogen and oxygen atoms in total. The van der Waals surface area contributed by atoms with Crippen LogP contribution in [0.3, 0.4) is 0 Å². The third-order valence-corrected chi connectivity index (χ3v) is 5.04. The summed E-state index contributed by atoms with van der Waals surface area (Å²) in [5.74, 6) is 1.50. The number of aryl methyl sites for hydroxylation is 2. The van der Waals surface area contributed by atoms with Crippen LogP contribution in [0.1, 0.15) is 29.3 Å². The van der Waals surface area contributed by atoms with Crippen LogP contribution in [0, 0.1) is 6.92 Å². The Morgan fingerprint density at radius 2 is 2.04 bits per heavy atom. The zero-order valence-corrected chi connectivity index (χ0v) is 14.6. The number of nitrogens with zero attached hydrogens (tertiary/aromatic N) is 4. The van der Waals surface area contributed by atoms with E-state index in [0.717, 1.165) is 42.1 Å². The molecule has 0 saturated carbocycles. The van der Waals surface area contributed by atoms with E-state index in [1.54, 1.807) is 6.20 Å². The number of benzene rings is 1. The van der Waals surface area contributed by atoms with Gasteiger partial charge in [0.05, 0.1) is 6.42 Å². The van der Waals surface area contributed by atoms with Gasteiger partial charge in [0.15, 0.2) is 5.65 Å². The lowest BCUT2D eigenvalue weighted by Gasteiger charge is -2.16. The molecule has 25 heavy (non-hydrogen) atoms. The predicted molar refractivity (Wildman–Crippen MR) is 97.3 cm³/mol. The van der Waals surface area contributed by atoms with Gasteiger partial charge in [0, 0.05) is 32.3 Å². The van der Waals surface area contributed by atoms with Crippen molar-refractivity contribution in [3.8, 4) is 0 Å². The smallest absolute Gasteiger partial charge is 0.227 e. The lowest BCUT2D eigenvalue weighted by molar-refractivity contribution is -0.129. The van der Waals surface area contributed by atoms with Crippen LogP contribution >= 0.6 is 0 Å². The number of amides is 1. The van der Waals surface area contributed by atoms with Crippen molar-refractivity contribution in [2.24, 2.45) is 7.05 Å². The Kier molecular flexibility index (Phi) is 3.99. The first kappa shape index (κ1) is 15.8. The van der Waals surface area contributed by atoms with Crippen molar-refractivity contribution >= 4 is 17.1 Å². The summed E-state index contributed by atoms with van der Waals surface area (Å²) in [6.07, 6.45) is 3.22. The van der Waals surface area contributed by atoms with E-state index in [0.29, 0.717) is 6.42 Å². The molecule has 128 valence electrons. The van der Waals surface area contributed by atoms with E-state index in [-0.39, 0.29) is 11.8 Å². The van der Waals surface area contributed by atoms with Crippen LogP contribution in [0.2, 0.25) is 0 Å². The highest BCUT2D eigenvalue weighted by Gasteiger charge is 2.30. The van der Waals surface area contributed by atoms with Crippen molar-refractivity contribution in [1.29, 1.82) is 0 Å². The molecule has 0 unspecified atom stereocenters. The topological polar surface area (TPSA) is 51.0 Å². The number of likely N-dealkylation sites (tertiary alicyclic amines) is 1. The first-order chi connectivity index (χ1) is 12.1. The van der Waals surface area contributed by atoms with Crippen molar-refractivity contribution in [3.63, 3.8) is 0 Å². The molecule has 5 heteroatoms. The molecule has 1 aromatic carbocycles. The molecule has 1 amide bonds. The van der Waals surface area contributed by atoms with Gasteiger partial charge >= 0.3 is 0 Å². The molecule has 1 saturated heterocycles. The first-order valence-electron chi connectivity index (χ1n) is 8.72. The van der Waals surface area contributed by atoms with E-state index in [9.17, 15) is 4.79 Å². The van der Waals surface area contributed by atoms with Crippen LogP contribution in [0.5, 0.6) is 0 Å². The van der Waals surface area contributed by atoms with Gasteiger partial charge in [-0.25, -0.2) is 9.97 Å². The Labute approximate surface area is 147 Å². The van der Waals surface area contributed by atoms with E-state index in [1.165, 1.54) is 5.56 Å². The third-order valence-electron chi connectivity index (χ3n) is 5.04.